The minimum atomic E-state index is -3.67. The summed E-state index contributed by atoms with van der Waals surface area (Å²) in [5, 5.41) is 2.67. The molecule has 156 valence electrons. The number of carbonyl (C=O) groups excluding carboxylic acids is 1. The first-order chi connectivity index (χ1) is 13.6. The molecule has 1 saturated heterocycles. The third-order valence-electron chi connectivity index (χ3n) is 4.65. The number of aromatic nitrogens is 1. The molecule has 0 saturated carbocycles. The van der Waals surface area contributed by atoms with Crippen LogP contribution < -0.4 is 5.32 Å². The lowest BCUT2D eigenvalue weighted by Crippen LogP contribution is -2.32. The summed E-state index contributed by atoms with van der Waals surface area (Å²) < 4.78 is 33.3. The SMILES string of the molecule is Cc1ccc(S(=O)(=O)N2CCC[C@@H]2c2cccnc2NC(=O)OC(C)(C)C)cc1. The van der Waals surface area contributed by atoms with E-state index in [4.69, 9.17) is 4.74 Å². The normalized spacial score (nSPS) is 17.9. The van der Waals surface area contributed by atoms with Gasteiger partial charge in [-0.2, -0.15) is 4.31 Å². The first-order valence-electron chi connectivity index (χ1n) is 9.61. The second-order valence-electron chi connectivity index (χ2n) is 8.15. The van der Waals surface area contributed by atoms with Crippen molar-refractivity contribution in [1.82, 2.24) is 9.29 Å². The number of sulfonamides is 1. The summed E-state index contributed by atoms with van der Waals surface area (Å²) in [5.41, 5.74) is 1.01. The zero-order chi connectivity index (χ0) is 21.2. The Bertz CT molecular complexity index is 982. The van der Waals surface area contributed by atoms with Crippen molar-refractivity contribution in [3.05, 3.63) is 53.7 Å². The summed E-state index contributed by atoms with van der Waals surface area (Å²) in [6.07, 6.45) is 2.32. The first-order valence-corrected chi connectivity index (χ1v) is 11.1. The molecule has 2 heterocycles. The highest BCUT2D eigenvalue weighted by atomic mass is 32.2. The highest BCUT2D eigenvalue weighted by molar-refractivity contribution is 7.89. The maximum atomic E-state index is 13.2. The fourth-order valence-corrected chi connectivity index (χ4v) is 5.05. The van der Waals surface area contributed by atoms with Crippen LogP contribution in [0.25, 0.3) is 0 Å². The van der Waals surface area contributed by atoms with Crippen LogP contribution >= 0.6 is 0 Å². The van der Waals surface area contributed by atoms with E-state index in [1.165, 1.54) is 4.31 Å². The van der Waals surface area contributed by atoms with Gasteiger partial charge in [0.25, 0.3) is 0 Å². The van der Waals surface area contributed by atoms with Gasteiger partial charge in [0.05, 0.1) is 10.9 Å². The molecule has 1 atom stereocenters. The molecule has 1 amide bonds. The van der Waals surface area contributed by atoms with Crippen molar-refractivity contribution in [2.75, 3.05) is 11.9 Å². The molecule has 1 aromatic carbocycles. The molecule has 8 heteroatoms. The summed E-state index contributed by atoms with van der Waals surface area (Å²) in [4.78, 5) is 16.7. The van der Waals surface area contributed by atoms with Gasteiger partial charge >= 0.3 is 6.09 Å². The van der Waals surface area contributed by atoms with E-state index in [0.717, 1.165) is 12.0 Å². The van der Waals surface area contributed by atoms with Gasteiger partial charge in [-0.25, -0.2) is 18.2 Å². The monoisotopic (exact) mass is 417 g/mol. The molecule has 2 aromatic rings. The molecular formula is C21H27N3O4S. The number of anilines is 1. The van der Waals surface area contributed by atoms with Gasteiger partial charge in [-0.3, -0.25) is 5.32 Å². The van der Waals surface area contributed by atoms with Crippen LogP contribution in [0.2, 0.25) is 0 Å². The topological polar surface area (TPSA) is 88.6 Å². The van der Waals surface area contributed by atoms with Crippen molar-refractivity contribution in [3.63, 3.8) is 0 Å². The predicted octanol–water partition coefficient (Wildman–Crippen LogP) is 4.26. The fourth-order valence-electron chi connectivity index (χ4n) is 3.38. The van der Waals surface area contributed by atoms with Crippen LogP contribution in [0.5, 0.6) is 0 Å². The third kappa shape index (κ3) is 4.94. The third-order valence-corrected chi connectivity index (χ3v) is 6.57. The van der Waals surface area contributed by atoms with E-state index in [0.29, 0.717) is 24.3 Å². The largest absolute Gasteiger partial charge is 0.444 e. The van der Waals surface area contributed by atoms with Gasteiger partial charge in [0.2, 0.25) is 10.0 Å². The second kappa shape index (κ2) is 8.12. The summed E-state index contributed by atoms with van der Waals surface area (Å²) in [7, 11) is -3.67. The van der Waals surface area contributed by atoms with Crippen molar-refractivity contribution in [1.29, 1.82) is 0 Å². The standard InChI is InChI=1S/C21H27N3O4S/c1-15-9-11-16(12-10-15)29(26,27)24-14-6-8-18(24)17-7-5-13-22-19(17)23-20(25)28-21(2,3)4/h5,7,9-13,18H,6,8,14H2,1-4H3,(H,22,23,25)/t18-/m1/s1. The Morgan fingerprint density at radius 2 is 1.90 bits per heavy atom. The van der Waals surface area contributed by atoms with Crippen molar-refractivity contribution in [2.24, 2.45) is 0 Å². The van der Waals surface area contributed by atoms with Crippen LogP contribution in [0.1, 0.15) is 50.8 Å². The lowest BCUT2D eigenvalue weighted by molar-refractivity contribution is 0.0635. The molecule has 1 fully saturated rings. The van der Waals surface area contributed by atoms with Gasteiger partial charge in [-0.1, -0.05) is 23.8 Å². The zero-order valence-corrected chi connectivity index (χ0v) is 18.0. The number of nitrogens with zero attached hydrogens (tertiary/aromatic N) is 2. The number of aryl methyl sites for hydroxylation is 1. The van der Waals surface area contributed by atoms with Gasteiger partial charge in [0.15, 0.2) is 0 Å². The van der Waals surface area contributed by atoms with Crippen molar-refractivity contribution in [3.8, 4) is 0 Å². The van der Waals surface area contributed by atoms with E-state index in [9.17, 15) is 13.2 Å². The molecule has 1 aliphatic heterocycles. The van der Waals surface area contributed by atoms with Crippen LogP contribution in [0.3, 0.4) is 0 Å². The molecule has 0 unspecified atom stereocenters. The quantitative estimate of drug-likeness (QED) is 0.803. The van der Waals surface area contributed by atoms with Crippen molar-refractivity contribution < 1.29 is 17.9 Å². The van der Waals surface area contributed by atoms with Gasteiger partial charge in [0, 0.05) is 18.3 Å². The average Bonchev–Trinajstić information content (AvgIpc) is 3.11. The smallest absolute Gasteiger partial charge is 0.413 e. The van der Waals surface area contributed by atoms with Gasteiger partial charge < -0.3 is 4.74 Å². The van der Waals surface area contributed by atoms with E-state index in [-0.39, 0.29) is 4.90 Å². The first kappa shape index (κ1) is 21.3. The number of rotatable bonds is 4. The highest BCUT2D eigenvalue weighted by Crippen LogP contribution is 2.39. The number of pyridine rings is 1. The molecule has 3 rings (SSSR count). The zero-order valence-electron chi connectivity index (χ0n) is 17.2. The van der Waals surface area contributed by atoms with Crippen molar-refractivity contribution >= 4 is 21.9 Å². The Balaban J connectivity index is 1.90. The van der Waals surface area contributed by atoms with Gasteiger partial charge in [-0.15, -0.1) is 0 Å². The van der Waals surface area contributed by atoms with Crippen LogP contribution in [-0.4, -0.2) is 35.9 Å². The molecule has 1 N–H and O–H groups in total. The summed E-state index contributed by atoms with van der Waals surface area (Å²) >= 11 is 0. The number of hydrogen-bond donors (Lipinski definition) is 1. The Morgan fingerprint density at radius 1 is 1.21 bits per heavy atom. The predicted molar refractivity (Wildman–Crippen MR) is 111 cm³/mol. The molecule has 0 spiro atoms. The Morgan fingerprint density at radius 3 is 2.55 bits per heavy atom. The molecule has 0 radical (unpaired) electrons. The molecule has 1 aromatic heterocycles. The van der Waals surface area contributed by atoms with Crippen LogP contribution in [0, 0.1) is 6.92 Å². The van der Waals surface area contributed by atoms with Crippen molar-refractivity contribution in [2.45, 2.75) is 57.1 Å². The van der Waals surface area contributed by atoms with E-state index in [1.54, 1.807) is 63.4 Å². The Kier molecular flexibility index (Phi) is 5.95. The van der Waals surface area contributed by atoms with Crippen LogP contribution in [-0.2, 0) is 14.8 Å². The second-order valence-corrected chi connectivity index (χ2v) is 10.0. The highest BCUT2D eigenvalue weighted by Gasteiger charge is 2.37. The number of carbonyl (C=O) groups is 1. The Labute approximate surface area is 172 Å². The summed E-state index contributed by atoms with van der Waals surface area (Å²) in [6.45, 7) is 7.66. The number of ether oxygens (including phenoxy) is 1. The number of hydrogen-bond acceptors (Lipinski definition) is 5. The lowest BCUT2D eigenvalue weighted by atomic mass is 10.1. The maximum absolute atomic E-state index is 13.2. The summed E-state index contributed by atoms with van der Waals surface area (Å²) in [5.74, 6) is 0.317. The minimum Gasteiger partial charge on any atom is -0.444 e. The minimum absolute atomic E-state index is 0.264. The lowest BCUT2D eigenvalue weighted by Gasteiger charge is -2.26. The van der Waals surface area contributed by atoms with Crippen LogP contribution in [0.4, 0.5) is 10.6 Å². The van der Waals surface area contributed by atoms with Gasteiger partial charge in [0.1, 0.15) is 11.4 Å². The average molecular weight is 418 g/mol. The molecule has 29 heavy (non-hydrogen) atoms. The number of amides is 1. The van der Waals surface area contributed by atoms with Gasteiger partial charge in [-0.05, 0) is 58.7 Å². The fraction of sp³-hybridized carbons (Fsp3) is 0.429. The van der Waals surface area contributed by atoms with Crippen LogP contribution in [0.15, 0.2) is 47.5 Å². The van der Waals surface area contributed by atoms with E-state index in [1.807, 2.05) is 6.92 Å². The molecular weight excluding hydrogens is 390 g/mol. The van der Waals surface area contributed by atoms with E-state index >= 15 is 0 Å². The van der Waals surface area contributed by atoms with E-state index < -0.39 is 27.8 Å². The summed E-state index contributed by atoms with van der Waals surface area (Å²) in [6, 6.07) is 9.97. The molecule has 7 nitrogen and oxygen atoms in total. The molecule has 0 bridgehead atoms. The van der Waals surface area contributed by atoms with E-state index in [2.05, 4.69) is 10.3 Å². The number of benzene rings is 1. The molecule has 0 aliphatic carbocycles. The number of nitrogens with one attached hydrogen (secondary N) is 1. The molecule has 1 aliphatic rings. The Hall–Kier alpha value is -2.45. The maximum Gasteiger partial charge on any atom is 0.413 e.